The minimum Gasteiger partial charge on any atom is -0.310 e. The number of hydrogen-bond donors (Lipinski definition) is 1. The van der Waals surface area contributed by atoms with Gasteiger partial charge in [0.2, 0.25) is 0 Å². The van der Waals surface area contributed by atoms with Crippen LogP contribution >= 0.6 is 27.5 Å². The van der Waals surface area contributed by atoms with Crippen molar-refractivity contribution in [1.82, 2.24) is 14.5 Å². The Kier molecular flexibility index (Phi) is 7.88. The van der Waals surface area contributed by atoms with E-state index in [-0.39, 0.29) is 11.6 Å². The lowest BCUT2D eigenvalue weighted by molar-refractivity contribution is 0.175. The highest BCUT2D eigenvalue weighted by Gasteiger charge is 2.29. The van der Waals surface area contributed by atoms with Gasteiger partial charge in [0.25, 0.3) is 5.56 Å². The summed E-state index contributed by atoms with van der Waals surface area (Å²) in [4.78, 5) is 33.6. The Morgan fingerprint density at radius 3 is 2.54 bits per heavy atom. The second-order valence-electron chi connectivity index (χ2n) is 8.16. The van der Waals surface area contributed by atoms with E-state index in [1.807, 2.05) is 68.4 Å². The number of benzene rings is 3. The fourth-order valence-electron chi connectivity index (χ4n) is 4.18. The molecular formula is C27H26BrClN4O2. The van der Waals surface area contributed by atoms with E-state index in [0.29, 0.717) is 46.9 Å². The SMILES string of the molecule is CCC(c1nc2cc(Cl)ccc2c(=O)n1CC)N(Cc1ccccc1)C(=O)Nc1cccc(Br)c1. The zero-order valence-corrected chi connectivity index (χ0v) is 21.9. The molecule has 0 aliphatic heterocycles. The molecule has 1 N–H and O–H groups in total. The van der Waals surface area contributed by atoms with Crippen LogP contribution in [0.1, 0.15) is 37.7 Å². The van der Waals surface area contributed by atoms with Gasteiger partial charge >= 0.3 is 6.03 Å². The Morgan fingerprint density at radius 1 is 1.09 bits per heavy atom. The molecule has 6 nitrogen and oxygen atoms in total. The van der Waals surface area contributed by atoms with Crippen molar-refractivity contribution in [2.45, 2.75) is 39.4 Å². The standard InChI is InChI=1S/C27H26BrClN4O2/c1-3-24(25-31-23-16-20(29)13-14-22(23)26(34)32(25)4-2)33(17-18-9-6-5-7-10-18)27(35)30-21-12-8-11-19(28)15-21/h5-16,24H,3-4,17H2,1-2H3,(H,30,35). The smallest absolute Gasteiger partial charge is 0.310 e. The third-order valence-corrected chi connectivity index (χ3v) is 6.58. The minimum atomic E-state index is -0.446. The maximum absolute atomic E-state index is 13.7. The predicted octanol–water partition coefficient (Wildman–Crippen LogP) is 7.02. The molecule has 0 spiro atoms. The van der Waals surface area contributed by atoms with E-state index in [9.17, 15) is 9.59 Å². The summed E-state index contributed by atoms with van der Waals surface area (Å²) in [6.45, 7) is 4.68. The number of nitrogens with zero attached hydrogens (tertiary/aromatic N) is 3. The average molecular weight is 554 g/mol. The van der Waals surface area contributed by atoms with Crippen molar-refractivity contribution in [2.24, 2.45) is 0 Å². The lowest BCUT2D eigenvalue weighted by Gasteiger charge is -2.32. The van der Waals surface area contributed by atoms with Crippen LogP contribution in [-0.2, 0) is 13.1 Å². The topological polar surface area (TPSA) is 67.2 Å². The highest BCUT2D eigenvalue weighted by atomic mass is 79.9. The van der Waals surface area contributed by atoms with E-state index in [0.717, 1.165) is 10.0 Å². The second-order valence-corrected chi connectivity index (χ2v) is 9.51. The maximum Gasteiger partial charge on any atom is 0.322 e. The van der Waals surface area contributed by atoms with Crippen molar-refractivity contribution in [1.29, 1.82) is 0 Å². The largest absolute Gasteiger partial charge is 0.322 e. The van der Waals surface area contributed by atoms with Gasteiger partial charge in [0.1, 0.15) is 5.82 Å². The van der Waals surface area contributed by atoms with Gasteiger partial charge in [0.05, 0.1) is 16.9 Å². The molecule has 4 aromatic rings. The van der Waals surface area contributed by atoms with Crippen LogP contribution < -0.4 is 10.9 Å². The molecule has 1 atom stereocenters. The quantitative estimate of drug-likeness (QED) is 0.267. The molecule has 3 aromatic carbocycles. The van der Waals surface area contributed by atoms with E-state index in [1.165, 1.54) is 0 Å². The van der Waals surface area contributed by atoms with Crippen LogP contribution in [0.3, 0.4) is 0 Å². The van der Waals surface area contributed by atoms with Crippen LogP contribution in [0.25, 0.3) is 10.9 Å². The fourth-order valence-corrected chi connectivity index (χ4v) is 4.74. The first kappa shape index (κ1) is 24.9. The van der Waals surface area contributed by atoms with Crippen LogP contribution in [0, 0.1) is 0 Å². The van der Waals surface area contributed by atoms with Crippen LogP contribution in [0.15, 0.2) is 82.1 Å². The number of halogens is 2. The van der Waals surface area contributed by atoms with Crippen molar-refractivity contribution >= 4 is 50.2 Å². The Morgan fingerprint density at radius 2 is 1.86 bits per heavy atom. The lowest BCUT2D eigenvalue weighted by Crippen LogP contribution is -2.40. The molecule has 0 fully saturated rings. The molecule has 0 radical (unpaired) electrons. The number of rotatable bonds is 7. The van der Waals surface area contributed by atoms with Crippen LogP contribution in [-0.4, -0.2) is 20.5 Å². The number of carbonyl (C=O) groups is 1. The molecule has 180 valence electrons. The first-order valence-electron chi connectivity index (χ1n) is 11.5. The Bertz CT molecular complexity index is 1410. The zero-order chi connectivity index (χ0) is 24.9. The summed E-state index contributed by atoms with van der Waals surface area (Å²) < 4.78 is 2.51. The molecule has 0 bridgehead atoms. The molecule has 0 aliphatic rings. The van der Waals surface area contributed by atoms with Gasteiger partial charge in [0.15, 0.2) is 0 Å². The van der Waals surface area contributed by atoms with Crippen molar-refractivity contribution in [3.8, 4) is 0 Å². The summed E-state index contributed by atoms with van der Waals surface area (Å²) in [5, 5.41) is 4.02. The number of fused-ring (bicyclic) bond motifs is 1. The van der Waals surface area contributed by atoms with Crippen LogP contribution in [0.4, 0.5) is 10.5 Å². The summed E-state index contributed by atoms with van der Waals surface area (Å²) in [7, 11) is 0. The van der Waals surface area contributed by atoms with Gasteiger partial charge in [-0.15, -0.1) is 0 Å². The van der Waals surface area contributed by atoms with Gasteiger partial charge < -0.3 is 10.2 Å². The normalized spacial score (nSPS) is 11.9. The summed E-state index contributed by atoms with van der Waals surface area (Å²) in [5.74, 6) is 0.537. The summed E-state index contributed by atoms with van der Waals surface area (Å²) in [5.41, 5.74) is 2.02. The molecule has 0 saturated carbocycles. The molecule has 1 unspecified atom stereocenters. The number of aromatic nitrogens is 2. The zero-order valence-electron chi connectivity index (χ0n) is 19.5. The molecule has 2 amide bonds. The molecule has 4 rings (SSSR count). The first-order valence-corrected chi connectivity index (χ1v) is 12.7. The minimum absolute atomic E-state index is 0.144. The third kappa shape index (κ3) is 5.57. The van der Waals surface area contributed by atoms with Crippen molar-refractivity contribution in [3.05, 3.63) is 104 Å². The van der Waals surface area contributed by atoms with E-state index >= 15 is 0 Å². The second kappa shape index (κ2) is 11.1. The molecular weight excluding hydrogens is 528 g/mol. The molecule has 1 heterocycles. The highest BCUT2D eigenvalue weighted by Crippen LogP contribution is 2.28. The van der Waals surface area contributed by atoms with Crippen molar-refractivity contribution in [3.63, 3.8) is 0 Å². The molecule has 1 aromatic heterocycles. The van der Waals surface area contributed by atoms with E-state index in [2.05, 4.69) is 21.2 Å². The Labute approximate surface area is 217 Å². The average Bonchev–Trinajstić information content (AvgIpc) is 2.84. The molecule has 35 heavy (non-hydrogen) atoms. The number of carbonyl (C=O) groups excluding carboxylic acids is 1. The van der Waals surface area contributed by atoms with E-state index in [1.54, 1.807) is 27.7 Å². The van der Waals surface area contributed by atoms with Gasteiger partial charge in [0, 0.05) is 28.3 Å². The predicted molar refractivity (Wildman–Crippen MR) is 145 cm³/mol. The lowest BCUT2D eigenvalue weighted by atomic mass is 10.1. The van der Waals surface area contributed by atoms with E-state index < -0.39 is 6.04 Å². The number of nitrogens with one attached hydrogen (secondary N) is 1. The Hall–Kier alpha value is -3.16. The first-order chi connectivity index (χ1) is 16.9. The number of anilines is 1. The van der Waals surface area contributed by atoms with Gasteiger partial charge in [-0.2, -0.15) is 0 Å². The molecule has 0 aliphatic carbocycles. The van der Waals surface area contributed by atoms with Crippen molar-refractivity contribution < 1.29 is 4.79 Å². The van der Waals surface area contributed by atoms with Gasteiger partial charge in [-0.05, 0) is 55.3 Å². The monoisotopic (exact) mass is 552 g/mol. The van der Waals surface area contributed by atoms with Gasteiger partial charge in [-0.3, -0.25) is 9.36 Å². The third-order valence-electron chi connectivity index (χ3n) is 5.86. The summed E-state index contributed by atoms with van der Waals surface area (Å²) in [6, 6.07) is 21.6. The Balaban J connectivity index is 1.82. The fraction of sp³-hybridized carbons (Fsp3) is 0.222. The highest BCUT2D eigenvalue weighted by molar-refractivity contribution is 9.10. The van der Waals surface area contributed by atoms with Gasteiger partial charge in [-0.1, -0.05) is 70.9 Å². The number of amides is 2. The van der Waals surface area contributed by atoms with Gasteiger partial charge in [-0.25, -0.2) is 9.78 Å². The van der Waals surface area contributed by atoms with Crippen LogP contribution in [0.2, 0.25) is 5.02 Å². The van der Waals surface area contributed by atoms with E-state index in [4.69, 9.17) is 16.6 Å². The molecule has 8 heteroatoms. The summed E-state index contributed by atoms with van der Waals surface area (Å²) in [6.07, 6.45) is 0.567. The van der Waals surface area contributed by atoms with Crippen LogP contribution in [0.5, 0.6) is 0 Å². The number of hydrogen-bond acceptors (Lipinski definition) is 3. The summed E-state index contributed by atoms with van der Waals surface area (Å²) >= 11 is 9.66. The maximum atomic E-state index is 13.7. The van der Waals surface area contributed by atoms with Crippen molar-refractivity contribution in [2.75, 3.05) is 5.32 Å². The molecule has 0 saturated heterocycles. The number of urea groups is 1.